The Balaban J connectivity index is 1.49. The fraction of sp³-hybridized carbons (Fsp3) is 0.0833. The van der Waals surface area contributed by atoms with Gasteiger partial charge in [-0.25, -0.2) is 4.39 Å². The third-order valence-corrected chi connectivity index (χ3v) is 7.04. The molecule has 0 saturated carbocycles. The fourth-order valence-electron chi connectivity index (χ4n) is 3.14. The van der Waals surface area contributed by atoms with Gasteiger partial charge in [0.1, 0.15) is 18.2 Å². The van der Waals surface area contributed by atoms with Gasteiger partial charge in [-0.15, -0.1) is 0 Å². The predicted molar refractivity (Wildman–Crippen MR) is 136 cm³/mol. The molecule has 168 valence electrons. The van der Waals surface area contributed by atoms with E-state index >= 15 is 0 Å². The number of halogens is 4. The summed E-state index contributed by atoms with van der Waals surface area (Å²) < 4.78 is 20.3. The number of hydrogen-bond acceptors (Lipinski definition) is 4. The van der Waals surface area contributed by atoms with E-state index < -0.39 is 0 Å². The molecule has 4 rings (SSSR count). The molecule has 0 unspecified atom stereocenters. The Bertz CT molecular complexity index is 1240. The normalized spacial score (nSPS) is 14.9. The van der Waals surface area contributed by atoms with Gasteiger partial charge in [0.2, 0.25) is 0 Å². The van der Waals surface area contributed by atoms with E-state index in [4.69, 9.17) is 16.3 Å². The summed E-state index contributed by atoms with van der Waals surface area (Å²) in [4.78, 5) is 26.8. The summed E-state index contributed by atoms with van der Waals surface area (Å²) in [7, 11) is 0. The number of imide groups is 1. The van der Waals surface area contributed by atoms with Crippen molar-refractivity contribution in [2.24, 2.45) is 0 Å². The molecule has 1 aliphatic heterocycles. The summed E-state index contributed by atoms with van der Waals surface area (Å²) in [5.41, 5.74) is 2.32. The molecule has 0 N–H and O–H groups in total. The summed E-state index contributed by atoms with van der Waals surface area (Å²) in [5.74, 6) is -0.0816. The van der Waals surface area contributed by atoms with Gasteiger partial charge < -0.3 is 4.74 Å². The first kappa shape index (κ1) is 24.0. The first-order valence-corrected chi connectivity index (χ1v) is 12.4. The van der Waals surface area contributed by atoms with E-state index in [1.807, 2.05) is 6.07 Å². The van der Waals surface area contributed by atoms with Gasteiger partial charge in [-0.3, -0.25) is 14.5 Å². The third-order valence-electron chi connectivity index (χ3n) is 4.72. The highest BCUT2D eigenvalue weighted by atomic mass is 79.9. The molecular weight excluding hydrogens is 597 g/mol. The molecular formula is C24H15Br2ClFNO3S. The molecule has 1 aliphatic rings. The molecule has 2 amide bonds. The Morgan fingerprint density at radius 2 is 1.70 bits per heavy atom. The highest BCUT2D eigenvalue weighted by molar-refractivity contribution is 9.11. The number of benzene rings is 3. The van der Waals surface area contributed by atoms with Gasteiger partial charge in [0.05, 0.1) is 20.4 Å². The average molecular weight is 612 g/mol. The zero-order valence-corrected chi connectivity index (χ0v) is 21.6. The molecule has 3 aromatic carbocycles. The molecule has 0 aliphatic carbocycles. The zero-order chi connectivity index (χ0) is 23.5. The van der Waals surface area contributed by atoms with Gasteiger partial charge in [0.15, 0.2) is 0 Å². The Hall–Kier alpha value is -2.13. The number of ether oxygens (including phenoxy) is 1. The maximum Gasteiger partial charge on any atom is 0.293 e. The van der Waals surface area contributed by atoms with Crippen molar-refractivity contribution >= 4 is 72.4 Å². The van der Waals surface area contributed by atoms with Crippen LogP contribution in [0.15, 0.2) is 74.5 Å². The molecule has 1 fully saturated rings. The van der Waals surface area contributed by atoms with Gasteiger partial charge in [0.25, 0.3) is 11.1 Å². The number of amides is 2. The lowest BCUT2D eigenvalue weighted by atomic mass is 10.2. The lowest BCUT2D eigenvalue weighted by Gasteiger charge is -2.13. The van der Waals surface area contributed by atoms with Gasteiger partial charge in [-0.2, -0.15) is 0 Å². The van der Waals surface area contributed by atoms with Crippen LogP contribution in [0.25, 0.3) is 6.08 Å². The van der Waals surface area contributed by atoms with Gasteiger partial charge in [0, 0.05) is 5.02 Å². The van der Waals surface area contributed by atoms with Crippen LogP contribution in [0.2, 0.25) is 5.02 Å². The second-order valence-corrected chi connectivity index (χ2v) is 10.3. The lowest BCUT2D eigenvalue weighted by Crippen LogP contribution is -2.27. The van der Waals surface area contributed by atoms with Crippen LogP contribution in [0.5, 0.6) is 5.75 Å². The molecule has 9 heteroatoms. The molecule has 0 atom stereocenters. The summed E-state index contributed by atoms with van der Waals surface area (Å²) in [6, 6.07) is 16.7. The van der Waals surface area contributed by atoms with Crippen molar-refractivity contribution in [3.63, 3.8) is 0 Å². The van der Waals surface area contributed by atoms with Crippen molar-refractivity contribution in [3.05, 3.63) is 102 Å². The van der Waals surface area contributed by atoms with E-state index in [1.54, 1.807) is 48.5 Å². The van der Waals surface area contributed by atoms with E-state index in [1.165, 1.54) is 17.0 Å². The van der Waals surface area contributed by atoms with Crippen molar-refractivity contribution < 1.29 is 18.7 Å². The van der Waals surface area contributed by atoms with Crippen molar-refractivity contribution in [2.45, 2.75) is 13.2 Å². The Morgan fingerprint density at radius 1 is 1.00 bits per heavy atom. The molecule has 4 nitrogen and oxygen atoms in total. The van der Waals surface area contributed by atoms with Crippen LogP contribution in [-0.4, -0.2) is 16.0 Å². The number of thioether (sulfide) groups is 1. The van der Waals surface area contributed by atoms with E-state index in [-0.39, 0.29) is 30.1 Å². The van der Waals surface area contributed by atoms with Crippen molar-refractivity contribution in [3.8, 4) is 5.75 Å². The summed E-state index contributed by atoms with van der Waals surface area (Å²) in [5, 5.41) is 0.218. The van der Waals surface area contributed by atoms with Crippen molar-refractivity contribution in [2.75, 3.05) is 0 Å². The first-order chi connectivity index (χ1) is 15.8. The van der Waals surface area contributed by atoms with Crippen molar-refractivity contribution in [1.29, 1.82) is 0 Å². The minimum Gasteiger partial charge on any atom is -0.487 e. The average Bonchev–Trinajstić information content (AvgIpc) is 3.02. The van der Waals surface area contributed by atoms with E-state index in [0.29, 0.717) is 24.6 Å². The van der Waals surface area contributed by atoms with E-state index in [2.05, 4.69) is 31.9 Å². The second kappa shape index (κ2) is 10.4. The standard InChI is InChI=1S/C24H15Br2ClFNO3S/c25-19-9-16(10-20(26)22(19)32-13-14-4-6-18(28)7-5-14)11-21-23(30)29(24(31)33-21)12-15-2-1-3-17(27)8-15/h1-11H,12-13H2/b21-11-. The van der Waals surface area contributed by atoms with Crippen LogP contribution in [0, 0.1) is 5.82 Å². The van der Waals surface area contributed by atoms with Gasteiger partial charge >= 0.3 is 0 Å². The Kier molecular flexibility index (Phi) is 7.58. The monoisotopic (exact) mass is 609 g/mol. The summed E-state index contributed by atoms with van der Waals surface area (Å²) >= 11 is 13.9. The quantitative estimate of drug-likeness (QED) is 0.267. The summed E-state index contributed by atoms with van der Waals surface area (Å²) in [6.07, 6.45) is 1.67. The number of nitrogens with zero attached hydrogens (tertiary/aromatic N) is 1. The van der Waals surface area contributed by atoms with Gasteiger partial charge in [-0.05, 0) is 103 Å². The number of rotatable bonds is 6. The minimum atomic E-state index is -0.353. The van der Waals surface area contributed by atoms with E-state index in [9.17, 15) is 14.0 Å². The second-order valence-electron chi connectivity index (χ2n) is 7.13. The molecule has 1 saturated heterocycles. The largest absolute Gasteiger partial charge is 0.487 e. The van der Waals surface area contributed by atoms with Crippen LogP contribution < -0.4 is 4.74 Å². The SMILES string of the molecule is O=C1S/C(=C\c2cc(Br)c(OCc3ccc(F)cc3)c(Br)c2)C(=O)N1Cc1cccc(Cl)c1. The van der Waals surface area contributed by atoms with Crippen LogP contribution in [-0.2, 0) is 17.9 Å². The molecule has 33 heavy (non-hydrogen) atoms. The molecule has 0 spiro atoms. The highest BCUT2D eigenvalue weighted by Crippen LogP contribution is 2.38. The van der Waals surface area contributed by atoms with Crippen LogP contribution in [0.4, 0.5) is 9.18 Å². The predicted octanol–water partition coefficient (Wildman–Crippen LogP) is 7.82. The molecule has 0 radical (unpaired) electrons. The third kappa shape index (κ3) is 5.87. The van der Waals surface area contributed by atoms with E-state index in [0.717, 1.165) is 28.5 Å². The van der Waals surface area contributed by atoms with Crippen LogP contribution in [0.1, 0.15) is 16.7 Å². The topological polar surface area (TPSA) is 46.6 Å². The number of carbonyl (C=O) groups excluding carboxylic acids is 2. The fourth-order valence-corrected chi connectivity index (χ4v) is 5.64. The molecule has 1 heterocycles. The maximum atomic E-state index is 13.1. The molecule has 0 aromatic heterocycles. The van der Waals surface area contributed by atoms with Crippen LogP contribution >= 0.6 is 55.2 Å². The zero-order valence-electron chi connectivity index (χ0n) is 16.9. The van der Waals surface area contributed by atoms with Crippen molar-refractivity contribution in [1.82, 2.24) is 4.90 Å². The lowest BCUT2D eigenvalue weighted by molar-refractivity contribution is -0.123. The van der Waals surface area contributed by atoms with Gasteiger partial charge in [-0.1, -0.05) is 35.9 Å². The number of hydrogen-bond donors (Lipinski definition) is 0. The summed E-state index contributed by atoms with van der Waals surface area (Å²) in [6.45, 7) is 0.422. The maximum absolute atomic E-state index is 13.1. The smallest absolute Gasteiger partial charge is 0.293 e. The molecule has 3 aromatic rings. The molecule has 0 bridgehead atoms. The minimum absolute atomic E-state index is 0.159. The number of carbonyl (C=O) groups is 2. The Labute approximate surface area is 216 Å². The van der Waals surface area contributed by atoms with Crippen LogP contribution in [0.3, 0.4) is 0 Å². The highest BCUT2D eigenvalue weighted by Gasteiger charge is 2.35. The Morgan fingerprint density at radius 3 is 2.36 bits per heavy atom. The first-order valence-electron chi connectivity index (χ1n) is 9.66.